The van der Waals surface area contributed by atoms with Gasteiger partial charge < -0.3 is 20.5 Å². The van der Waals surface area contributed by atoms with E-state index in [2.05, 4.69) is 28.7 Å². The number of pyridine rings is 1. The normalized spacial score (nSPS) is 17.8. The van der Waals surface area contributed by atoms with Crippen molar-refractivity contribution in [3.05, 3.63) is 85.9 Å². The number of anilines is 1. The topological polar surface area (TPSA) is 94.8 Å². The first-order valence-electron chi connectivity index (χ1n) is 12.5. The number of fused-ring (bicyclic) bond motifs is 2. The Labute approximate surface area is 213 Å². The molecule has 0 unspecified atom stereocenters. The molecule has 192 valence electrons. The minimum atomic E-state index is -0.927. The Morgan fingerprint density at radius 3 is 2.68 bits per heavy atom. The zero-order valence-electron chi connectivity index (χ0n) is 20.5. The average molecular weight is 506 g/mol. The molecule has 3 heterocycles. The lowest BCUT2D eigenvalue weighted by molar-refractivity contribution is -0.114. The van der Waals surface area contributed by atoms with Crippen LogP contribution in [0.4, 0.5) is 14.5 Å². The lowest BCUT2D eigenvalue weighted by Crippen LogP contribution is -2.40. The molecule has 0 radical (unpaired) electrons. The number of hydrogen-bond donors (Lipinski definition) is 2. The SMILES string of the molecule is C=C(/C=C(\N=CN)N1CCC(c2cc3c([nH]c2=O)=CCCC=3)CC1)C(=O)N1CCc2c1ccc(F)c2F. The number of halogens is 2. The van der Waals surface area contributed by atoms with Gasteiger partial charge in [-0.1, -0.05) is 18.7 Å². The number of aromatic amines is 1. The maximum atomic E-state index is 14.1. The van der Waals surface area contributed by atoms with Crippen molar-refractivity contribution in [2.75, 3.05) is 24.5 Å². The zero-order valence-corrected chi connectivity index (χ0v) is 20.5. The van der Waals surface area contributed by atoms with E-state index < -0.39 is 17.5 Å². The van der Waals surface area contributed by atoms with Crippen molar-refractivity contribution in [3.8, 4) is 0 Å². The van der Waals surface area contributed by atoms with Gasteiger partial charge in [0.15, 0.2) is 11.6 Å². The molecule has 1 amide bonds. The van der Waals surface area contributed by atoms with Gasteiger partial charge in [-0.3, -0.25) is 9.59 Å². The Kier molecular flexibility index (Phi) is 6.78. The number of nitrogens with zero attached hydrogens (tertiary/aromatic N) is 3. The van der Waals surface area contributed by atoms with Crippen LogP contribution in [0.3, 0.4) is 0 Å². The zero-order chi connectivity index (χ0) is 26.1. The molecule has 9 heteroatoms. The summed E-state index contributed by atoms with van der Waals surface area (Å²) in [5.41, 5.74) is 7.07. The number of hydrogen-bond acceptors (Lipinski definition) is 4. The molecular formula is C28H29F2N5O2. The molecule has 37 heavy (non-hydrogen) atoms. The van der Waals surface area contributed by atoms with Crippen LogP contribution in [0.2, 0.25) is 0 Å². The lowest BCUT2D eigenvalue weighted by atomic mass is 9.89. The number of carbonyl (C=O) groups is 1. The first-order valence-corrected chi connectivity index (χ1v) is 12.5. The molecule has 1 aromatic carbocycles. The molecule has 1 aliphatic carbocycles. The minimum Gasteiger partial charge on any atom is -0.390 e. The highest BCUT2D eigenvalue weighted by Gasteiger charge is 2.30. The molecule has 3 N–H and O–H groups in total. The number of likely N-dealkylation sites (tertiary alicyclic amines) is 1. The fourth-order valence-electron chi connectivity index (χ4n) is 5.41. The van der Waals surface area contributed by atoms with Crippen LogP contribution in [0.5, 0.6) is 0 Å². The fourth-order valence-corrected chi connectivity index (χ4v) is 5.41. The highest BCUT2D eigenvalue weighted by Crippen LogP contribution is 2.33. The van der Waals surface area contributed by atoms with E-state index in [0.717, 1.165) is 47.9 Å². The van der Waals surface area contributed by atoms with Crippen molar-refractivity contribution in [2.45, 2.75) is 38.0 Å². The first kappa shape index (κ1) is 24.7. The van der Waals surface area contributed by atoms with Gasteiger partial charge in [0.2, 0.25) is 0 Å². The largest absolute Gasteiger partial charge is 0.390 e. The maximum absolute atomic E-state index is 14.1. The number of H-pyrrole nitrogens is 1. The van der Waals surface area contributed by atoms with Crippen LogP contribution < -0.4 is 26.8 Å². The molecule has 0 saturated carbocycles. The molecule has 1 fully saturated rings. The van der Waals surface area contributed by atoms with E-state index in [9.17, 15) is 18.4 Å². The number of piperidine rings is 1. The van der Waals surface area contributed by atoms with E-state index in [-0.39, 0.29) is 35.6 Å². The Balaban J connectivity index is 1.31. The summed E-state index contributed by atoms with van der Waals surface area (Å²) >= 11 is 0. The van der Waals surface area contributed by atoms with Crippen molar-refractivity contribution in [1.82, 2.24) is 9.88 Å². The molecule has 2 aliphatic heterocycles. The van der Waals surface area contributed by atoms with E-state index in [0.29, 0.717) is 24.6 Å². The van der Waals surface area contributed by atoms with Gasteiger partial charge in [0.25, 0.3) is 11.5 Å². The summed E-state index contributed by atoms with van der Waals surface area (Å²) in [4.78, 5) is 36.6. The van der Waals surface area contributed by atoms with E-state index in [1.165, 1.54) is 17.3 Å². The van der Waals surface area contributed by atoms with Gasteiger partial charge in [-0.05, 0) is 67.5 Å². The van der Waals surface area contributed by atoms with Crippen LogP contribution in [0.1, 0.15) is 42.7 Å². The highest BCUT2D eigenvalue weighted by molar-refractivity contribution is 6.08. The predicted molar refractivity (Wildman–Crippen MR) is 140 cm³/mol. The quantitative estimate of drug-likeness (QED) is 0.282. The highest BCUT2D eigenvalue weighted by atomic mass is 19.2. The van der Waals surface area contributed by atoms with Crippen LogP contribution >= 0.6 is 0 Å². The number of nitrogens with one attached hydrogen (secondary N) is 1. The van der Waals surface area contributed by atoms with Gasteiger partial charge in [0.1, 0.15) is 5.82 Å². The third-order valence-electron chi connectivity index (χ3n) is 7.35. The summed E-state index contributed by atoms with van der Waals surface area (Å²) in [5.74, 6) is -1.64. The monoisotopic (exact) mass is 505 g/mol. The lowest BCUT2D eigenvalue weighted by Gasteiger charge is -2.33. The summed E-state index contributed by atoms with van der Waals surface area (Å²) in [7, 11) is 0. The van der Waals surface area contributed by atoms with E-state index >= 15 is 0 Å². The Bertz CT molecular complexity index is 1500. The molecule has 7 nitrogen and oxygen atoms in total. The molecule has 2 aromatic rings. The van der Waals surface area contributed by atoms with Gasteiger partial charge in [-0.2, -0.15) is 0 Å². The third-order valence-corrected chi connectivity index (χ3v) is 7.35. The number of aromatic nitrogens is 1. The van der Waals surface area contributed by atoms with Crippen LogP contribution in [0.25, 0.3) is 12.2 Å². The van der Waals surface area contributed by atoms with Crippen LogP contribution in [-0.4, -0.2) is 41.8 Å². The van der Waals surface area contributed by atoms with Crippen molar-refractivity contribution < 1.29 is 13.6 Å². The predicted octanol–water partition coefficient (Wildman–Crippen LogP) is 2.16. The van der Waals surface area contributed by atoms with Gasteiger partial charge in [0, 0.05) is 41.7 Å². The Morgan fingerprint density at radius 1 is 1.16 bits per heavy atom. The van der Waals surface area contributed by atoms with Gasteiger partial charge in [0.05, 0.1) is 12.0 Å². The van der Waals surface area contributed by atoms with Crippen molar-refractivity contribution in [2.24, 2.45) is 10.7 Å². The standard InChI is InChI=1S/C28H29F2N5O2/c1-17(28(37)35-13-10-20-24(35)7-6-22(29)26(20)30)14-25(32-16-31)34-11-8-18(9-12-34)21-15-19-4-2-3-5-23(19)33-27(21)36/h4-7,14-16,18H,1-3,8-13H2,(H2,31,32)(H,33,36)/b25-14+. The number of aliphatic imine (C=N–C) groups is 1. The number of amides is 1. The number of carbonyl (C=O) groups excluding carboxylic acids is 1. The Morgan fingerprint density at radius 2 is 1.92 bits per heavy atom. The summed E-state index contributed by atoms with van der Waals surface area (Å²) in [6, 6.07) is 4.45. The maximum Gasteiger partial charge on any atom is 0.257 e. The number of benzene rings is 1. The van der Waals surface area contributed by atoms with Crippen molar-refractivity contribution >= 4 is 30.1 Å². The van der Waals surface area contributed by atoms with Gasteiger partial charge in [-0.15, -0.1) is 0 Å². The second-order valence-electron chi connectivity index (χ2n) is 9.54. The fraction of sp³-hybridized carbons (Fsp3) is 0.321. The van der Waals surface area contributed by atoms with E-state index in [4.69, 9.17) is 5.73 Å². The van der Waals surface area contributed by atoms with E-state index in [1.807, 2.05) is 11.0 Å². The first-order chi connectivity index (χ1) is 17.9. The molecule has 3 aliphatic rings. The minimum absolute atomic E-state index is 0.0410. The number of nitrogens with two attached hydrogens (primary N) is 1. The van der Waals surface area contributed by atoms with Gasteiger partial charge in [-0.25, -0.2) is 13.8 Å². The average Bonchev–Trinajstić information content (AvgIpc) is 3.34. The van der Waals surface area contributed by atoms with Gasteiger partial charge >= 0.3 is 0 Å². The van der Waals surface area contributed by atoms with Crippen molar-refractivity contribution in [3.63, 3.8) is 0 Å². The number of rotatable bonds is 5. The summed E-state index contributed by atoms with van der Waals surface area (Å²) in [6.45, 7) is 5.41. The smallest absolute Gasteiger partial charge is 0.257 e. The van der Waals surface area contributed by atoms with Crippen LogP contribution in [-0.2, 0) is 11.2 Å². The third kappa shape index (κ3) is 4.73. The van der Waals surface area contributed by atoms with Crippen molar-refractivity contribution in [1.29, 1.82) is 0 Å². The molecule has 1 aromatic heterocycles. The summed E-state index contributed by atoms with van der Waals surface area (Å²) in [6.07, 6.45) is 10.6. The second kappa shape index (κ2) is 10.2. The molecule has 1 saturated heterocycles. The molecule has 5 rings (SSSR count). The molecular weight excluding hydrogens is 476 g/mol. The summed E-state index contributed by atoms with van der Waals surface area (Å²) in [5, 5.41) is 1.98. The molecule has 0 spiro atoms. The summed E-state index contributed by atoms with van der Waals surface area (Å²) < 4.78 is 27.7. The molecule has 0 atom stereocenters. The van der Waals surface area contributed by atoms with E-state index in [1.54, 1.807) is 6.08 Å². The second-order valence-corrected chi connectivity index (χ2v) is 9.54. The Hall–Kier alpha value is -4.01. The van der Waals surface area contributed by atoms with Crippen LogP contribution in [0, 0.1) is 11.6 Å². The molecule has 0 bridgehead atoms. The van der Waals surface area contributed by atoms with Crippen LogP contribution in [0.15, 0.2) is 52.0 Å².